The van der Waals surface area contributed by atoms with Crippen LogP contribution in [0, 0.1) is 0 Å². The molecule has 0 radical (unpaired) electrons. The van der Waals surface area contributed by atoms with Crippen molar-refractivity contribution in [2.75, 3.05) is 5.32 Å². The molecule has 0 fully saturated rings. The molecular formula is C20H13F3N6O. The molecule has 0 unspecified atom stereocenters. The van der Waals surface area contributed by atoms with Gasteiger partial charge < -0.3 is 5.32 Å². The van der Waals surface area contributed by atoms with E-state index in [1.54, 1.807) is 42.5 Å². The predicted molar refractivity (Wildman–Crippen MR) is 102 cm³/mol. The van der Waals surface area contributed by atoms with Gasteiger partial charge in [0.15, 0.2) is 0 Å². The van der Waals surface area contributed by atoms with Crippen molar-refractivity contribution in [3.63, 3.8) is 0 Å². The normalized spacial score (nSPS) is 11.3. The van der Waals surface area contributed by atoms with E-state index in [1.165, 1.54) is 12.3 Å². The van der Waals surface area contributed by atoms with Gasteiger partial charge in [-0.25, -0.2) is 0 Å². The lowest BCUT2D eigenvalue weighted by molar-refractivity contribution is -0.137. The van der Waals surface area contributed by atoms with Crippen LogP contribution in [0.4, 0.5) is 18.9 Å². The van der Waals surface area contributed by atoms with Crippen LogP contribution in [0.1, 0.15) is 15.9 Å². The van der Waals surface area contributed by atoms with E-state index in [2.05, 4.69) is 30.9 Å². The van der Waals surface area contributed by atoms with Gasteiger partial charge in [0.25, 0.3) is 5.91 Å². The number of nitrogens with one attached hydrogen (secondary N) is 2. The maximum absolute atomic E-state index is 13.4. The number of anilines is 1. The van der Waals surface area contributed by atoms with Crippen LogP contribution >= 0.6 is 0 Å². The molecule has 0 aliphatic carbocycles. The van der Waals surface area contributed by atoms with Crippen molar-refractivity contribution in [3.05, 3.63) is 78.0 Å². The summed E-state index contributed by atoms with van der Waals surface area (Å²) in [5.74, 6) is -0.369. The Morgan fingerprint density at radius 2 is 1.83 bits per heavy atom. The van der Waals surface area contributed by atoms with E-state index >= 15 is 0 Å². The van der Waals surface area contributed by atoms with Crippen molar-refractivity contribution in [2.45, 2.75) is 6.18 Å². The smallest absolute Gasteiger partial charge is 0.322 e. The first-order valence-electron chi connectivity index (χ1n) is 8.69. The lowest BCUT2D eigenvalue weighted by Gasteiger charge is -2.12. The minimum absolute atomic E-state index is 0.143. The van der Waals surface area contributed by atoms with Gasteiger partial charge in [-0.2, -0.15) is 18.4 Å². The van der Waals surface area contributed by atoms with Gasteiger partial charge in [0.05, 0.1) is 11.3 Å². The third-order valence-electron chi connectivity index (χ3n) is 4.21. The van der Waals surface area contributed by atoms with Crippen molar-refractivity contribution in [1.82, 2.24) is 25.6 Å². The Hall–Kier alpha value is -4.08. The molecule has 4 rings (SSSR count). The third-order valence-corrected chi connectivity index (χ3v) is 4.21. The van der Waals surface area contributed by atoms with Crippen molar-refractivity contribution < 1.29 is 18.0 Å². The summed E-state index contributed by atoms with van der Waals surface area (Å²) in [6.07, 6.45) is -3.14. The summed E-state index contributed by atoms with van der Waals surface area (Å²) in [5.41, 5.74) is 0.401. The number of carbonyl (C=O) groups is 1. The molecule has 10 heteroatoms. The minimum atomic E-state index is -4.61. The molecule has 7 nitrogen and oxygen atoms in total. The van der Waals surface area contributed by atoms with E-state index in [1.807, 2.05) is 0 Å². The molecule has 0 atom stereocenters. The van der Waals surface area contributed by atoms with Gasteiger partial charge in [0, 0.05) is 28.6 Å². The molecule has 0 spiro atoms. The fraction of sp³-hybridized carbons (Fsp3) is 0.0500. The molecule has 4 aromatic rings. The first-order chi connectivity index (χ1) is 14.4. The summed E-state index contributed by atoms with van der Waals surface area (Å²) in [6, 6.07) is 14.6. The lowest BCUT2D eigenvalue weighted by atomic mass is 10.0. The number of H-pyrrole nitrogens is 1. The molecule has 2 N–H and O–H groups in total. The fourth-order valence-corrected chi connectivity index (χ4v) is 2.83. The maximum Gasteiger partial charge on any atom is 0.416 e. The number of aromatic amines is 1. The number of tetrazole rings is 1. The highest BCUT2D eigenvalue weighted by Gasteiger charge is 2.32. The van der Waals surface area contributed by atoms with E-state index in [-0.39, 0.29) is 11.1 Å². The monoisotopic (exact) mass is 410 g/mol. The van der Waals surface area contributed by atoms with Crippen molar-refractivity contribution in [1.29, 1.82) is 0 Å². The predicted octanol–water partition coefficient (Wildman–Crippen LogP) is 4.20. The molecule has 0 saturated carbocycles. The van der Waals surface area contributed by atoms with Crippen LogP contribution in [0.5, 0.6) is 0 Å². The molecular weight excluding hydrogens is 397 g/mol. The number of pyridine rings is 1. The molecule has 30 heavy (non-hydrogen) atoms. The summed E-state index contributed by atoms with van der Waals surface area (Å²) in [6.45, 7) is 0. The van der Waals surface area contributed by atoms with Gasteiger partial charge in [0.2, 0.25) is 5.82 Å². The third kappa shape index (κ3) is 4.17. The van der Waals surface area contributed by atoms with Crippen molar-refractivity contribution in [3.8, 4) is 22.6 Å². The van der Waals surface area contributed by atoms with Crippen LogP contribution in [0.3, 0.4) is 0 Å². The summed E-state index contributed by atoms with van der Waals surface area (Å²) in [7, 11) is 0. The van der Waals surface area contributed by atoms with E-state index < -0.39 is 17.6 Å². The van der Waals surface area contributed by atoms with Crippen LogP contribution in [0.25, 0.3) is 22.6 Å². The number of halogens is 3. The highest BCUT2D eigenvalue weighted by molar-refractivity contribution is 6.05. The lowest BCUT2D eigenvalue weighted by Crippen LogP contribution is -2.14. The molecule has 0 saturated heterocycles. The van der Waals surface area contributed by atoms with Crippen LogP contribution in [0.2, 0.25) is 0 Å². The zero-order chi connectivity index (χ0) is 21.1. The molecule has 150 valence electrons. The largest absolute Gasteiger partial charge is 0.416 e. The first kappa shape index (κ1) is 19.2. The van der Waals surface area contributed by atoms with Gasteiger partial charge in [-0.15, -0.1) is 10.2 Å². The van der Waals surface area contributed by atoms with Gasteiger partial charge in [0.1, 0.15) is 0 Å². The Morgan fingerprint density at radius 3 is 2.53 bits per heavy atom. The standard InChI is InChI=1S/C20H13F3N6O/c21-20(22,23)15-9-13(17-6-1-2-7-24-17)8-14(10-15)19(30)25-16-5-3-4-12(11-16)18-26-28-29-27-18/h1-11H,(H,25,30)(H,26,27,28,29). The number of nitrogens with zero attached hydrogens (tertiary/aromatic N) is 4. The Bertz CT molecular complexity index is 1180. The Kier molecular flexibility index (Phi) is 4.97. The summed E-state index contributed by atoms with van der Waals surface area (Å²) < 4.78 is 40.2. The molecule has 2 heterocycles. The fourth-order valence-electron chi connectivity index (χ4n) is 2.83. The topological polar surface area (TPSA) is 96.5 Å². The van der Waals surface area contributed by atoms with E-state index in [0.29, 0.717) is 22.8 Å². The second-order valence-corrected chi connectivity index (χ2v) is 6.28. The Balaban J connectivity index is 1.68. The zero-order valence-corrected chi connectivity index (χ0v) is 15.2. The first-order valence-corrected chi connectivity index (χ1v) is 8.69. The Labute approximate surface area is 168 Å². The van der Waals surface area contributed by atoms with E-state index in [9.17, 15) is 18.0 Å². The minimum Gasteiger partial charge on any atom is -0.322 e. The highest BCUT2D eigenvalue weighted by atomic mass is 19.4. The highest BCUT2D eigenvalue weighted by Crippen LogP contribution is 2.33. The summed E-state index contributed by atoms with van der Waals surface area (Å²) in [4.78, 5) is 16.8. The number of aromatic nitrogens is 5. The average Bonchev–Trinajstić information content (AvgIpc) is 3.29. The van der Waals surface area contributed by atoms with E-state index in [0.717, 1.165) is 12.1 Å². The van der Waals surface area contributed by atoms with Crippen LogP contribution in [-0.4, -0.2) is 31.5 Å². The number of hydrogen-bond acceptors (Lipinski definition) is 5. The Morgan fingerprint density at radius 1 is 0.967 bits per heavy atom. The van der Waals surface area contributed by atoms with E-state index in [4.69, 9.17) is 0 Å². The van der Waals surface area contributed by atoms with Crippen LogP contribution in [-0.2, 0) is 6.18 Å². The van der Waals surface area contributed by atoms with Crippen molar-refractivity contribution in [2.24, 2.45) is 0 Å². The maximum atomic E-state index is 13.4. The molecule has 2 aromatic carbocycles. The number of hydrogen-bond donors (Lipinski definition) is 2. The number of amides is 1. The number of benzene rings is 2. The van der Waals surface area contributed by atoms with Crippen LogP contribution in [0.15, 0.2) is 66.9 Å². The number of rotatable bonds is 4. The summed E-state index contributed by atoms with van der Waals surface area (Å²) >= 11 is 0. The second-order valence-electron chi connectivity index (χ2n) is 6.28. The summed E-state index contributed by atoms with van der Waals surface area (Å²) in [5, 5.41) is 16.1. The molecule has 0 aliphatic heterocycles. The number of carbonyl (C=O) groups excluding carboxylic acids is 1. The molecule has 0 bridgehead atoms. The second kappa shape index (κ2) is 7.74. The molecule has 2 aromatic heterocycles. The van der Waals surface area contributed by atoms with Gasteiger partial charge in [-0.05, 0) is 47.7 Å². The van der Waals surface area contributed by atoms with Gasteiger partial charge >= 0.3 is 6.18 Å². The van der Waals surface area contributed by atoms with Crippen molar-refractivity contribution >= 4 is 11.6 Å². The average molecular weight is 410 g/mol. The number of alkyl halides is 3. The zero-order valence-electron chi connectivity index (χ0n) is 15.2. The van der Waals surface area contributed by atoms with Gasteiger partial charge in [-0.1, -0.05) is 18.2 Å². The molecule has 0 aliphatic rings. The SMILES string of the molecule is O=C(Nc1cccc(-c2nn[nH]n2)c1)c1cc(-c2ccccn2)cc(C(F)(F)F)c1. The quantitative estimate of drug-likeness (QED) is 0.526. The van der Waals surface area contributed by atoms with Crippen LogP contribution < -0.4 is 5.32 Å². The van der Waals surface area contributed by atoms with Gasteiger partial charge in [-0.3, -0.25) is 9.78 Å². The molecule has 1 amide bonds.